The Balaban J connectivity index is 1.88. The molecule has 0 N–H and O–H groups in total. The van der Waals surface area contributed by atoms with Gasteiger partial charge < -0.3 is 15.0 Å². The van der Waals surface area contributed by atoms with Crippen molar-refractivity contribution in [2.24, 2.45) is 5.92 Å². The van der Waals surface area contributed by atoms with Gasteiger partial charge in [-0.25, -0.2) is 4.57 Å². The molecule has 2 rings (SSSR count). The van der Waals surface area contributed by atoms with Gasteiger partial charge in [0.05, 0.1) is 6.54 Å². The van der Waals surface area contributed by atoms with Crippen LogP contribution in [-0.4, -0.2) is 39.0 Å². The fraction of sp³-hybridized carbons (Fsp3) is 0.750. The molecule has 1 aliphatic rings. The van der Waals surface area contributed by atoms with E-state index in [0.717, 1.165) is 19.6 Å². The van der Waals surface area contributed by atoms with Gasteiger partial charge in [0.2, 0.25) is 0 Å². The third-order valence-corrected chi connectivity index (χ3v) is 3.38. The Morgan fingerprint density at radius 1 is 1.39 bits per heavy atom. The molecule has 1 fully saturated rings. The van der Waals surface area contributed by atoms with Crippen molar-refractivity contribution in [1.29, 1.82) is 0 Å². The molecule has 0 radical (unpaired) electrons. The molecule has 0 spiro atoms. The van der Waals surface area contributed by atoms with Crippen LogP contribution in [0.3, 0.4) is 0 Å². The first-order valence-electron chi connectivity index (χ1n) is 6.54. The van der Waals surface area contributed by atoms with Crippen molar-refractivity contribution < 1.29 is 4.92 Å². The van der Waals surface area contributed by atoms with Crippen molar-refractivity contribution in [3.8, 4) is 0 Å². The monoisotopic (exact) mass is 252 g/mol. The van der Waals surface area contributed by atoms with Gasteiger partial charge in [-0.3, -0.25) is 0 Å². The van der Waals surface area contributed by atoms with Crippen molar-refractivity contribution >= 4 is 5.95 Å². The van der Waals surface area contributed by atoms with Crippen molar-refractivity contribution in [3.63, 3.8) is 0 Å². The van der Waals surface area contributed by atoms with E-state index in [9.17, 15) is 10.1 Å². The number of hydrogen-bond donors (Lipinski definition) is 0. The average Bonchev–Trinajstić information content (AvgIpc) is 2.78. The van der Waals surface area contributed by atoms with Crippen LogP contribution in [-0.2, 0) is 6.54 Å². The molecule has 0 bridgehead atoms. The van der Waals surface area contributed by atoms with Crippen LogP contribution in [0.25, 0.3) is 0 Å². The minimum absolute atomic E-state index is 0.0551. The Labute approximate surface area is 107 Å². The summed E-state index contributed by atoms with van der Waals surface area (Å²) in [6.07, 6.45) is 7.06. The second-order valence-electron chi connectivity index (χ2n) is 5.10. The topological polar surface area (TPSA) is 64.2 Å². The molecule has 0 amide bonds. The molecule has 1 aliphatic heterocycles. The molecule has 2 heterocycles. The highest BCUT2D eigenvalue weighted by molar-refractivity contribution is 5.06. The second-order valence-corrected chi connectivity index (χ2v) is 5.10. The van der Waals surface area contributed by atoms with E-state index in [-0.39, 0.29) is 5.95 Å². The largest absolute Gasteiger partial charge is 0.434 e. The highest BCUT2D eigenvalue weighted by atomic mass is 16.6. The summed E-state index contributed by atoms with van der Waals surface area (Å²) < 4.78 is 1.63. The first kappa shape index (κ1) is 13.0. The normalized spacial score (nSPS) is 18.7. The fourth-order valence-corrected chi connectivity index (χ4v) is 2.59. The molecule has 0 aliphatic carbocycles. The molecule has 100 valence electrons. The Morgan fingerprint density at radius 2 is 2.11 bits per heavy atom. The Kier molecular flexibility index (Phi) is 4.30. The van der Waals surface area contributed by atoms with Gasteiger partial charge in [-0.15, -0.1) is 0 Å². The van der Waals surface area contributed by atoms with Gasteiger partial charge in [0.1, 0.15) is 12.4 Å². The van der Waals surface area contributed by atoms with Crippen molar-refractivity contribution in [3.05, 3.63) is 22.5 Å². The predicted molar refractivity (Wildman–Crippen MR) is 68.3 cm³/mol. The van der Waals surface area contributed by atoms with E-state index in [0.29, 0.717) is 12.5 Å². The van der Waals surface area contributed by atoms with Crippen LogP contribution in [0.5, 0.6) is 0 Å². The van der Waals surface area contributed by atoms with Crippen LogP contribution >= 0.6 is 0 Å². The van der Waals surface area contributed by atoms with Crippen LogP contribution in [0.1, 0.15) is 26.2 Å². The van der Waals surface area contributed by atoms with E-state index >= 15 is 0 Å². The summed E-state index contributed by atoms with van der Waals surface area (Å²) in [4.78, 5) is 16.6. The lowest BCUT2D eigenvalue weighted by Crippen LogP contribution is -2.34. The fourth-order valence-electron chi connectivity index (χ4n) is 2.59. The third-order valence-electron chi connectivity index (χ3n) is 3.38. The minimum atomic E-state index is -0.423. The Morgan fingerprint density at radius 3 is 2.78 bits per heavy atom. The SMILES string of the molecule is CC(CN1CCCCC1)Cn1ccnc1[N+](=O)[O-]. The van der Waals surface area contributed by atoms with E-state index in [1.807, 2.05) is 0 Å². The van der Waals surface area contributed by atoms with Crippen LogP contribution in [0.4, 0.5) is 5.95 Å². The molecular weight excluding hydrogens is 232 g/mol. The van der Waals surface area contributed by atoms with Crippen LogP contribution < -0.4 is 0 Å². The second kappa shape index (κ2) is 5.95. The Hall–Kier alpha value is -1.43. The summed E-state index contributed by atoms with van der Waals surface area (Å²) >= 11 is 0. The van der Waals surface area contributed by atoms with Crippen LogP contribution in [0, 0.1) is 16.0 Å². The Bertz CT molecular complexity index is 399. The number of rotatable bonds is 5. The number of likely N-dealkylation sites (tertiary alicyclic amines) is 1. The van der Waals surface area contributed by atoms with E-state index < -0.39 is 4.92 Å². The maximum Gasteiger partial charge on any atom is 0.434 e. The molecule has 6 heteroatoms. The highest BCUT2D eigenvalue weighted by Gasteiger charge is 2.19. The lowest BCUT2D eigenvalue weighted by atomic mass is 10.1. The van der Waals surface area contributed by atoms with E-state index in [2.05, 4.69) is 16.8 Å². The molecule has 18 heavy (non-hydrogen) atoms. The molecule has 1 aromatic rings. The quantitative estimate of drug-likeness (QED) is 0.593. The highest BCUT2D eigenvalue weighted by Crippen LogP contribution is 2.14. The predicted octanol–water partition coefficient (Wildman–Crippen LogP) is 1.91. The number of imidazole rings is 1. The molecule has 0 aromatic carbocycles. The first-order valence-corrected chi connectivity index (χ1v) is 6.54. The van der Waals surface area contributed by atoms with Gasteiger partial charge in [0.25, 0.3) is 0 Å². The van der Waals surface area contributed by atoms with Gasteiger partial charge in [-0.1, -0.05) is 18.3 Å². The molecule has 1 atom stereocenters. The van der Waals surface area contributed by atoms with Crippen molar-refractivity contribution in [1.82, 2.24) is 14.5 Å². The molecule has 0 saturated carbocycles. The summed E-state index contributed by atoms with van der Waals surface area (Å²) in [5, 5.41) is 10.8. The van der Waals surface area contributed by atoms with E-state index in [1.54, 1.807) is 10.8 Å². The maximum atomic E-state index is 10.8. The van der Waals surface area contributed by atoms with Crippen molar-refractivity contribution in [2.45, 2.75) is 32.7 Å². The van der Waals surface area contributed by atoms with Crippen LogP contribution in [0.2, 0.25) is 0 Å². The van der Waals surface area contributed by atoms with Gasteiger partial charge in [-0.05, 0) is 36.8 Å². The molecule has 1 aromatic heterocycles. The molecule has 6 nitrogen and oxygen atoms in total. The first-order chi connectivity index (χ1) is 8.66. The zero-order chi connectivity index (χ0) is 13.0. The van der Waals surface area contributed by atoms with Gasteiger partial charge in [0.15, 0.2) is 0 Å². The number of nitrogens with zero attached hydrogens (tertiary/aromatic N) is 4. The smallest absolute Gasteiger partial charge is 0.390 e. The summed E-state index contributed by atoms with van der Waals surface area (Å²) in [6.45, 7) is 6.13. The average molecular weight is 252 g/mol. The number of aromatic nitrogens is 2. The third kappa shape index (κ3) is 3.29. The standard InChI is InChI=1S/C12H20N4O2/c1-11(9-14-6-3-2-4-7-14)10-15-8-5-13-12(15)16(17)18/h5,8,11H,2-4,6-7,9-10H2,1H3. The zero-order valence-corrected chi connectivity index (χ0v) is 10.8. The van der Waals surface area contributed by atoms with E-state index in [4.69, 9.17) is 0 Å². The summed E-state index contributed by atoms with van der Waals surface area (Å²) in [7, 11) is 0. The molecule has 1 unspecified atom stereocenters. The van der Waals surface area contributed by atoms with Gasteiger partial charge in [0, 0.05) is 6.54 Å². The molecular formula is C12H20N4O2. The van der Waals surface area contributed by atoms with Crippen molar-refractivity contribution in [2.75, 3.05) is 19.6 Å². The number of piperidine rings is 1. The lowest BCUT2D eigenvalue weighted by molar-refractivity contribution is -0.396. The lowest BCUT2D eigenvalue weighted by Gasteiger charge is -2.28. The minimum Gasteiger partial charge on any atom is -0.390 e. The van der Waals surface area contributed by atoms with Gasteiger partial charge in [-0.2, -0.15) is 0 Å². The number of nitro groups is 1. The zero-order valence-electron chi connectivity index (χ0n) is 10.8. The maximum absolute atomic E-state index is 10.8. The van der Waals surface area contributed by atoms with Crippen LogP contribution in [0.15, 0.2) is 12.4 Å². The van der Waals surface area contributed by atoms with Gasteiger partial charge >= 0.3 is 5.95 Å². The summed E-state index contributed by atoms with van der Waals surface area (Å²) in [5.74, 6) is 0.344. The number of hydrogen-bond acceptors (Lipinski definition) is 4. The summed E-state index contributed by atoms with van der Waals surface area (Å²) in [5.41, 5.74) is 0. The van der Waals surface area contributed by atoms with E-state index in [1.165, 1.54) is 25.5 Å². The molecule has 1 saturated heterocycles. The summed E-state index contributed by atoms with van der Waals surface area (Å²) in [6, 6.07) is 0.